The van der Waals surface area contributed by atoms with Gasteiger partial charge in [0.1, 0.15) is 16.5 Å². The SMILES string of the molecule is CC[C@@H](C)c1nc(N2CCN(C(=O)CC(C)C)CC2)c2c3c(sc2n1)CCCC3. The summed E-state index contributed by atoms with van der Waals surface area (Å²) in [5.74, 6) is 3.18. The highest BCUT2D eigenvalue weighted by molar-refractivity contribution is 7.19. The zero-order chi connectivity index (χ0) is 20.5. The Morgan fingerprint density at radius 3 is 2.48 bits per heavy atom. The molecule has 0 unspecified atom stereocenters. The minimum absolute atomic E-state index is 0.292. The van der Waals surface area contributed by atoms with Gasteiger partial charge in [-0.3, -0.25) is 4.79 Å². The molecule has 3 heterocycles. The number of hydrogen-bond acceptors (Lipinski definition) is 5. The van der Waals surface area contributed by atoms with Gasteiger partial charge in [-0.2, -0.15) is 0 Å². The van der Waals surface area contributed by atoms with Crippen molar-refractivity contribution in [2.45, 2.75) is 72.1 Å². The van der Waals surface area contributed by atoms with Crippen molar-refractivity contribution in [3.05, 3.63) is 16.3 Å². The Balaban J connectivity index is 1.65. The maximum Gasteiger partial charge on any atom is 0.222 e. The fourth-order valence-electron chi connectivity index (χ4n) is 4.43. The second kappa shape index (κ2) is 8.58. The first-order chi connectivity index (χ1) is 14.0. The van der Waals surface area contributed by atoms with E-state index < -0.39 is 0 Å². The minimum Gasteiger partial charge on any atom is -0.352 e. The number of amides is 1. The predicted molar refractivity (Wildman–Crippen MR) is 121 cm³/mol. The van der Waals surface area contributed by atoms with E-state index in [1.54, 1.807) is 0 Å². The van der Waals surface area contributed by atoms with E-state index in [1.165, 1.54) is 39.9 Å². The summed E-state index contributed by atoms with van der Waals surface area (Å²) in [6, 6.07) is 0. The van der Waals surface area contributed by atoms with Gasteiger partial charge in [-0.15, -0.1) is 11.3 Å². The first kappa shape index (κ1) is 20.6. The Labute approximate surface area is 178 Å². The molecule has 1 fully saturated rings. The lowest BCUT2D eigenvalue weighted by Gasteiger charge is -2.36. The van der Waals surface area contributed by atoms with Crippen LogP contribution in [0.4, 0.5) is 5.82 Å². The summed E-state index contributed by atoms with van der Waals surface area (Å²) in [5, 5.41) is 1.30. The molecule has 158 valence electrons. The van der Waals surface area contributed by atoms with Crippen molar-refractivity contribution in [3.8, 4) is 0 Å². The van der Waals surface area contributed by atoms with Crippen LogP contribution in [0.1, 0.15) is 75.6 Å². The van der Waals surface area contributed by atoms with Crippen molar-refractivity contribution in [2.24, 2.45) is 5.92 Å². The van der Waals surface area contributed by atoms with E-state index in [9.17, 15) is 4.79 Å². The smallest absolute Gasteiger partial charge is 0.222 e. The molecule has 1 atom stereocenters. The highest BCUT2D eigenvalue weighted by Gasteiger charge is 2.28. The number of anilines is 1. The van der Waals surface area contributed by atoms with E-state index in [4.69, 9.17) is 9.97 Å². The lowest BCUT2D eigenvalue weighted by atomic mass is 9.96. The van der Waals surface area contributed by atoms with Crippen LogP contribution in [0.3, 0.4) is 0 Å². The number of carbonyl (C=O) groups is 1. The highest BCUT2D eigenvalue weighted by atomic mass is 32.1. The van der Waals surface area contributed by atoms with Gasteiger partial charge in [0.2, 0.25) is 5.91 Å². The van der Waals surface area contributed by atoms with Gasteiger partial charge < -0.3 is 9.80 Å². The first-order valence-electron chi connectivity index (χ1n) is 11.3. The molecular weight excluding hydrogens is 380 g/mol. The van der Waals surface area contributed by atoms with E-state index in [0.29, 0.717) is 24.2 Å². The van der Waals surface area contributed by atoms with Crippen LogP contribution in [0.5, 0.6) is 0 Å². The lowest BCUT2D eigenvalue weighted by molar-refractivity contribution is -0.132. The molecule has 6 heteroatoms. The number of thiophene rings is 1. The van der Waals surface area contributed by atoms with Crippen LogP contribution in [0.25, 0.3) is 10.2 Å². The molecular formula is C23H34N4OS. The number of nitrogens with zero attached hydrogens (tertiary/aromatic N) is 4. The first-order valence-corrected chi connectivity index (χ1v) is 12.1. The maximum atomic E-state index is 12.5. The van der Waals surface area contributed by atoms with E-state index in [2.05, 4.69) is 32.6 Å². The van der Waals surface area contributed by atoms with Crippen LogP contribution < -0.4 is 4.90 Å². The number of aryl methyl sites for hydroxylation is 2. The van der Waals surface area contributed by atoms with E-state index in [1.807, 2.05) is 16.2 Å². The zero-order valence-electron chi connectivity index (χ0n) is 18.3. The third-order valence-electron chi connectivity index (χ3n) is 6.38. The van der Waals surface area contributed by atoms with Crippen molar-refractivity contribution in [2.75, 3.05) is 31.1 Å². The second-order valence-corrected chi connectivity index (χ2v) is 10.2. The number of piperazine rings is 1. The molecule has 29 heavy (non-hydrogen) atoms. The molecule has 0 aromatic carbocycles. The van der Waals surface area contributed by atoms with Gasteiger partial charge in [0.05, 0.1) is 5.39 Å². The Hall–Kier alpha value is -1.69. The van der Waals surface area contributed by atoms with Crippen LogP contribution in [-0.2, 0) is 17.6 Å². The molecule has 0 spiro atoms. The largest absolute Gasteiger partial charge is 0.352 e. The average Bonchev–Trinajstić information content (AvgIpc) is 3.10. The van der Waals surface area contributed by atoms with E-state index >= 15 is 0 Å². The molecule has 2 aliphatic rings. The Morgan fingerprint density at radius 2 is 1.79 bits per heavy atom. The lowest BCUT2D eigenvalue weighted by Crippen LogP contribution is -2.49. The molecule has 4 rings (SSSR count). The summed E-state index contributed by atoms with van der Waals surface area (Å²) in [4.78, 5) is 29.7. The fourth-order valence-corrected chi connectivity index (χ4v) is 5.69. The van der Waals surface area contributed by atoms with E-state index in [-0.39, 0.29) is 0 Å². The van der Waals surface area contributed by atoms with Crippen LogP contribution in [-0.4, -0.2) is 47.0 Å². The molecule has 2 aromatic rings. The molecule has 0 bridgehead atoms. The fraction of sp³-hybridized carbons (Fsp3) is 0.696. The second-order valence-electron chi connectivity index (χ2n) is 9.07. The monoisotopic (exact) mass is 414 g/mol. The van der Waals surface area contributed by atoms with E-state index in [0.717, 1.165) is 50.7 Å². The zero-order valence-corrected chi connectivity index (χ0v) is 19.1. The molecule has 1 amide bonds. The topological polar surface area (TPSA) is 49.3 Å². The molecule has 1 aliphatic heterocycles. The molecule has 0 N–H and O–H groups in total. The van der Waals surface area contributed by atoms with Crippen LogP contribution in [0.15, 0.2) is 0 Å². The molecule has 0 radical (unpaired) electrons. The summed E-state index contributed by atoms with van der Waals surface area (Å²) >= 11 is 1.89. The number of carbonyl (C=O) groups excluding carboxylic acids is 1. The number of hydrogen-bond donors (Lipinski definition) is 0. The maximum absolute atomic E-state index is 12.5. The Bertz CT molecular complexity index is 883. The molecule has 1 aliphatic carbocycles. The van der Waals surface area contributed by atoms with Crippen molar-refractivity contribution < 1.29 is 4.79 Å². The van der Waals surface area contributed by atoms with Gasteiger partial charge in [0.25, 0.3) is 0 Å². The van der Waals surface area contributed by atoms with Gasteiger partial charge in [0.15, 0.2) is 0 Å². The van der Waals surface area contributed by atoms with Gasteiger partial charge in [-0.25, -0.2) is 9.97 Å². The predicted octanol–water partition coefficient (Wildman–Crippen LogP) is 4.78. The molecule has 5 nitrogen and oxygen atoms in total. The summed E-state index contributed by atoms with van der Waals surface area (Å²) in [7, 11) is 0. The van der Waals surface area contributed by atoms with Crippen molar-refractivity contribution in [3.63, 3.8) is 0 Å². The number of fused-ring (bicyclic) bond motifs is 3. The third-order valence-corrected chi connectivity index (χ3v) is 7.57. The van der Waals surface area contributed by atoms with Gasteiger partial charge in [-0.1, -0.05) is 27.7 Å². The molecule has 0 saturated carbocycles. The van der Waals surface area contributed by atoms with Gasteiger partial charge in [-0.05, 0) is 43.6 Å². The third kappa shape index (κ3) is 4.14. The van der Waals surface area contributed by atoms with Crippen LogP contribution in [0, 0.1) is 5.92 Å². The Morgan fingerprint density at radius 1 is 1.07 bits per heavy atom. The van der Waals surface area contributed by atoms with Crippen molar-refractivity contribution in [1.29, 1.82) is 0 Å². The normalized spacial score (nSPS) is 18.4. The van der Waals surface area contributed by atoms with Gasteiger partial charge in [0, 0.05) is 43.4 Å². The summed E-state index contributed by atoms with van der Waals surface area (Å²) in [6.45, 7) is 12.0. The quantitative estimate of drug-likeness (QED) is 0.707. The van der Waals surface area contributed by atoms with Crippen molar-refractivity contribution >= 4 is 33.3 Å². The summed E-state index contributed by atoms with van der Waals surface area (Å²) in [6.07, 6.45) is 6.59. The number of rotatable bonds is 5. The summed E-state index contributed by atoms with van der Waals surface area (Å²) < 4.78 is 0. The molecule has 1 saturated heterocycles. The minimum atomic E-state index is 0.292. The van der Waals surface area contributed by atoms with Crippen molar-refractivity contribution in [1.82, 2.24) is 14.9 Å². The van der Waals surface area contributed by atoms with Gasteiger partial charge >= 0.3 is 0 Å². The van der Waals surface area contributed by atoms with Crippen LogP contribution in [0.2, 0.25) is 0 Å². The average molecular weight is 415 g/mol. The number of aromatic nitrogens is 2. The molecule has 2 aromatic heterocycles. The standard InChI is InChI=1S/C23H34N4OS/c1-5-16(4)21-24-22(20-17-8-6-7-9-18(17)29-23(20)25-21)27-12-10-26(11-13-27)19(28)14-15(2)3/h15-16H,5-14H2,1-4H3/t16-/m1/s1. The Kier molecular flexibility index (Phi) is 6.09. The highest BCUT2D eigenvalue weighted by Crippen LogP contribution is 2.40. The van der Waals surface area contributed by atoms with Crippen LogP contribution >= 0.6 is 11.3 Å². The summed E-state index contributed by atoms with van der Waals surface area (Å²) in [5.41, 5.74) is 1.50.